The second-order valence-corrected chi connectivity index (χ2v) is 4.94. The van der Waals surface area contributed by atoms with Gasteiger partial charge in [-0.2, -0.15) is 5.26 Å². The first-order chi connectivity index (χ1) is 6.52. The van der Waals surface area contributed by atoms with E-state index < -0.39 is 5.60 Å². The summed E-state index contributed by atoms with van der Waals surface area (Å²) in [6, 6.07) is 2.21. The molecule has 0 aliphatic heterocycles. The minimum absolute atomic E-state index is 0.241. The Hall–Kier alpha value is -0.550. The summed E-state index contributed by atoms with van der Waals surface area (Å²) in [5.41, 5.74) is -0.735. The number of nitrogens with zero attached hydrogens (tertiary/aromatic N) is 1. The highest BCUT2D eigenvalue weighted by Crippen LogP contribution is 2.42. The topological polar surface area (TPSA) is 44.0 Å². The highest BCUT2D eigenvalue weighted by Gasteiger charge is 2.44. The molecule has 0 saturated heterocycles. The molecule has 1 saturated carbocycles. The van der Waals surface area contributed by atoms with Gasteiger partial charge in [0.2, 0.25) is 0 Å². The van der Waals surface area contributed by atoms with Crippen molar-refractivity contribution >= 4 is 0 Å². The predicted octanol–water partition coefficient (Wildman–Crippen LogP) is 2.72. The fourth-order valence-electron chi connectivity index (χ4n) is 2.77. The lowest BCUT2D eigenvalue weighted by atomic mass is 9.65. The van der Waals surface area contributed by atoms with Gasteiger partial charge in [0.25, 0.3) is 0 Å². The van der Waals surface area contributed by atoms with E-state index in [9.17, 15) is 5.11 Å². The Morgan fingerprint density at radius 2 is 2.00 bits per heavy atom. The molecule has 0 aromatic rings. The third kappa shape index (κ3) is 1.93. The molecule has 0 bridgehead atoms. The quantitative estimate of drug-likeness (QED) is 0.736. The second kappa shape index (κ2) is 4.31. The summed E-state index contributed by atoms with van der Waals surface area (Å²) in [6.45, 7) is 6.14. The van der Waals surface area contributed by atoms with Gasteiger partial charge in [-0.25, -0.2) is 0 Å². The van der Waals surface area contributed by atoms with Crippen molar-refractivity contribution in [2.24, 2.45) is 17.8 Å². The van der Waals surface area contributed by atoms with Crippen molar-refractivity contribution < 1.29 is 5.11 Å². The van der Waals surface area contributed by atoms with Gasteiger partial charge in [-0.15, -0.1) is 0 Å². The van der Waals surface area contributed by atoms with E-state index >= 15 is 0 Å². The maximum absolute atomic E-state index is 10.5. The smallest absolute Gasteiger partial charge is 0.0833 e. The van der Waals surface area contributed by atoms with E-state index in [4.69, 9.17) is 5.26 Å². The monoisotopic (exact) mass is 195 g/mol. The van der Waals surface area contributed by atoms with Crippen LogP contribution in [-0.2, 0) is 0 Å². The fraction of sp³-hybridized carbons (Fsp3) is 0.917. The lowest BCUT2D eigenvalue weighted by Crippen LogP contribution is -2.47. The Kier molecular flexibility index (Phi) is 3.55. The minimum Gasteiger partial charge on any atom is -0.388 e. The van der Waals surface area contributed by atoms with Gasteiger partial charge in [0.15, 0.2) is 0 Å². The summed E-state index contributed by atoms with van der Waals surface area (Å²) >= 11 is 0. The second-order valence-electron chi connectivity index (χ2n) is 4.94. The van der Waals surface area contributed by atoms with Crippen LogP contribution in [-0.4, -0.2) is 10.7 Å². The maximum atomic E-state index is 10.5. The molecule has 0 radical (unpaired) electrons. The minimum atomic E-state index is -0.735. The molecule has 14 heavy (non-hydrogen) atoms. The van der Waals surface area contributed by atoms with E-state index in [1.54, 1.807) is 0 Å². The maximum Gasteiger partial charge on any atom is 0.0833 e. The van der Waals surface area contributed by atoms with Crippen molar-refractivity contribution in [3.8, 4) is 6.07 Å². The molecule has 1 aliphatic carbocycles. The SMILES string of the molecule is CC(C)C1CCCCC1(O)C(C)C#N. The van der Waals surface area contributed by atoms with Crippen molar-refractivity contribution in [2.75, 3.05) is 0 Å². The van der Waals surface area contributed by atoms with Crippen molar-refractivity contribution in [3.63, 3.8) is 0 Å². The molecule has 1 N–H and O–H groups in total. The van der Waals surface area contributed by atoms with E-state index in [0.29, 0.717) is 11.8 Å². The molecule has 0 aromatic heterocycles. The molecule has 0 amide bonds. The predicted molar refractivity (Wildman–Crippen MR) is 56.5 cm³/mol. The van der Waals surface area contributed by atoms with E-state index in [0.717, 1.165) is 19.3 Å². The number of aliphatic hydroxyl groups is 1. The normalized spacial score (nSPS) is 35.3. The lowest BCUT2D eigenvalue weighted by Gasteiger charge is -2.44. The zero-order valence-electron chi connectivity index (χ0n) is 9.45. The van der Waals surface area contributed by atoms with Crippen LogP contribution in [0.3, 0.4) is 0 Å². The zero-order chi connectivity index (χ0) is 10.8. The van der Waals surface area contributed by atoms with Crippen LogP contribution in [0.4, 0.5) is 0 Å². The van der Waals surface area contributed by atoms with Crippen molar-refractivity contribution in [2.45, 2.75) is 52.1 Å². The van der Waals surface area contributed by atoms with E-state index in [1.807, 2.05) is 6.92 Å². The molecule has 1 rings (SSSR count). The Balaban J connectivity index is 2.85. The molecule has 1 fully saturated rings. The standard InChI is InChI=1S/C12H21NO/c1-9(2)11-6-4-5-7-12(11,14)10(3)8-13/h9-11,14H,4-7H2,1-3H3. The van der Waals surface area contributed by atoms with Crippen LogP contribution in [0, 0.1) is 29.1 Å². The van der Waals surface area contributed by atoms with Crippen molar-refractivity contribution in [1.29, 1.82) is 5.26 Å². The molecule has 1 aliphatic rings. The van der Waals surface area contributed by atoms with Gasteiger partial charge >= 0.3 is 0 Å². The van der Waals surface area contributed by atoms with Crippen LogP contribution in [0.2, 0.25) is 0 Å². The van der Waals surface area contributed by atoms with Crippen LogP contribution in [0.15, 0.2) is 0 Å². The third-order valence-electron chi connectivity index (χ3n) is 3.73. The largest absolute Gasteiger partial charge is 0.388 e. The highest BCUT2D eigenvalue weighted by molar-refractivity contribution is 5.02. The summed E-state index contributed by atoms with van der Waals surface area (Å²) in [5.74, 6) is 0.525. The van der Waals surface area contributed by atoms with Gasteiger partial charge < -0.3 is 5.11 Å². The fourth-order valence-corrected chi connectivity index (χ4v) is 2.77. The summed E-state index contributed by atoms with van der Waals surface area (Å²) < 4.78 is 0. The number of hydrogen-bond acceptors (Lipinski definition) is 2. The molecular formula is C12H21NO. The molecule has 0 aromatic carbocycles. The van der Waals surface area contributed by atoms with Gasteiger partial charge in [-0.05, 0) is 31.6 Å². The Bertz CT molecular complexity index is 231. The zero-order valence-corrected chi connectivity index (χ0v) is 9.45. The Labute approximate surface area is 86.9 Å². The molecule has 0 heterocycles. The van der Waals surface area contributed by atoms with Crippen molar-refractivity contribution in [1.82, 2.24) is 0 Å². The third-order valence-corrected chi connectivity index (χ3v) is 3.73. The summed E-state index contributed by atoms with van der Waals surface area (Å²) in [4.78, 5) is 0. The molecule has 0 spiro atoms. The number of nitriles is 1. The Morgan fingerprint density at radius 3 is 2.50 bits per heavy atom. The molecule has 3 atom stereocenters. The van der Waals surface area contributed by atoms with Gasteiger partial charge in [0, 0.05) is 0 Å². The lowest BCUT2D eigenvalue weighted by molar-refractivity contribution is -0.0900. The molecule has 2 heteroatoms. The highest BCUT2D eigenvalue weighted by atomic mass is 16.3. The summed E-state index contributed by atoms with van der Waals surface area (Å²) in [6.07, 6.45) is 4.12. The van der Waals surface area contributed by atoms with E-state index in [-0.39, 0.29) is 5.92 Å². The van der Waals surface area contributed by atoms with E-state index in [2.05, 4.69) is 19.9 Å². The van der Waals surface area contributed by atoms with Gasteiger partial charge in [0.05, 0.1) is 17.6 Å². The van der Waals surface area contributed by atoms with Crippen LogP contribution < -0.4 is 0 Å². The summed E-state index contributed by atoms with van der Waals surface area (Å²) in [5, 5.41) is 19.5. The number of rotatable bonds is 2. The first-order valence-corrected chi connectivity index (χ1v) is 5.64. The average molecular weight is 195 g/mol. The molecule has 3 unspecified atom stereocenters. The van der Waals surface area contributed by atoms with Crippen LogP contribution in [0.5, 0.6) is 0 Å². The van der Waals surface area contributed by atoms with Gasteiger partial charge in [-0.1, -0.05) is 26.7 Å². The summed E-state index contributed by atoms with van der Waals surface area (Å²) in [7, 11) is 0. The van der Waals surface area contributed by atoms with Crippen molar-refractivity contribution in [3.05, 3.63) is 0 Å². The Morgan fingerprint density at radius 1 is 1.36 bits per heavy atom. The van der Waals surface area contributed by atoms with Crippen LogP contribution in [0.1, 0.15) is 46.5 Å². The van der Waals surface area contributed by atoms with Crippen LogP contribution >= 0.6 is 0 Å². The number of hydrogen-bond donors (Lipinski definition) is 1. The van der Waals surface area contributed by atoms with Gasteiger partial charge in [-0.3, -0.25) is 0 Å². The van der Waals surface area contributed by atoms with Gasteiger partial charge in [0.1, 0.15) is 0 Å². The molecule has 2 nitrogen and oxygen atoms in total. The molecule has 80 valence electrons. The van der Waals surface area contributed by atoms with E-state index in [1.165, 1.54) is 6.42 Å². The average Bonchev–Trinajstić information content (AvgIpc) is 2.16. The van der Waals surface area contributed by atoms with Crippen LogP contribution in [0.25, 0.3) is 0 Å². The molecular weight excluding hydrogens is 174 g/mol. The first kappa shape index (κ1) is 11.5. The first-order valence-electron chi connectivity index (χ1n) is 5.64.